The van der Waals surface area contributed by atoms with Crippen LogP contribution in [0, 0.1) is 0 Å². The quantitative estimate of drug-likeness (QED) is 0.770. The number of benzene rings is 1. The molecule has 0 spiro atoms. The monoisotopic (exact) mass is 222 g/mol. The van der Waals surface area contributed by atoms with Gasteiger partial charge in [0, 0.05) is 17.2 Å². The van der Waals surface area contributed by atoms with Crippen LogP contribution in [-0.2, 0) is 4.79 Å². The van der Waals surface area contributed by atoms with Crippen molar-refractivity contribution < 1.29 is 9.53 Å². The summed E-state index contributed by atoms with van der Waals surface area (Å²) in [6, 6.07) is 3.70. The molecule has 0 atom stereocenters. The maximum Gasteiger partial charge on any atom is 0.211 e. The van der Waals surface area contributed by atoms with Gasteiger partial charge in [0.1, 0.15) is 5.75 Å². The standard InChI is InChI=1S/C10H10N2O2S/c1-14-7-4-8(12-6-13)10-9(5-7)15-3-2-11-10/h2-6,11H,1H3,(H,12,13). The van der Waals surface area contributed by atoms with Crippen molar-refractivity contribution in [2.45, 2.75) is 4.90 Å². The molecule has 1 aliphatic rings. The number of methoxy groups -OCH3 is 1. The van der Waals surface area contributed by atoms with Crippen molar-refractivity contribution in [3.8, 4) is 5.75 Å². The Bertz CT molecular complexity index is 418. The smallest absolute Gasteiger partial charge is 0.211 e. The van der Waals surface area contributed by atoms with E-state index in [1.807, 2.05) is 17.7 Å². The first-order chi connectivity index (χ1) is 7.35. The molecular formula is C10H10N2O2S. The minimum absolute atomic E-state index is 0.652. The van der Waals surface area contributed by atoms with Crippen LogP contribution in [0.15, 0.2) is 28.6 Å². The molecule has 0 radical (unpaired) electrons. The minimum Gasteiger partial charge on any atom is -0.497 e. The predicted molar refractivity (Wildman–Crippen MR) is 61.3 cm³/mol. The number of fused-ring (bicyclic) bond motifs is 1. The molecule has 0 fully saturated rings. The van der Waals surface area contributed by atoms with Crippen LogP contribution in [0.3, 0.4) is 0 Å². The van der Waals surface area contributed by atoms with Crippen molar-refractivity contribution in [1.82, 2.24) is 0 Å². The van der Waals surface area contributed by atoms with E-state index in [2.05, 4.69) is 10.6 Å². The van der Waals surface area contributed by atoms with Crippen LogP contribution < -0.4 is 15.4 Å². The van der Waals surface area contributed by atoms with Crippen LogP contribution in [-0.4, -0.2) is 13.5 Å². The van der Waals surface area contributed by atoms with Gasteiger partial charge in [0.15, 0.2) is 0 Å². The second-order valence-corrected chi connectivity index (χ2v) is 3.82. The molecule has 0 saturated heterocycles. The summed E-state index contributed by atoms with van der Waals surface area (Å²) in [6.45, 7) is 0. The van der Waals surface area contributed by atoms with Gasteiger partial charge in [-0.1, -0.05) is 11.8 Å². The van der Waals surface area contributed by atoms with Gasteiger partial charge in [0.25, 0.3) is 0 Å². The molecule has 1 aliphatic heterocycles. The fourth-order valence-corrected chi connectivity index (χ4v) is 2.11. The normalized spacial score (nSPS) is 12.6. The fraction of sp³-hybridized carbons (Fsp3) is 0.100. The average Bonchev–Trinajstić information content (AvgIpc) is 2.29. The van der Waals surface area contributed by atoms with Gasteiger partial charge in [-0.15, -0.1) is 0 Å². The van der Waals surface area contributed by atoms with E-state index in [0.29, 0.717) is 6.41 Å². The maximum absolute atomic E-state index is 10.5. The van der Waals surface area contributed by atoms with Gasteiger partial charge in [0.2, 0.25) is 6.41 Å². The summed E-state index contributed by atoms with van der Waals surface area (Å²) >= 11 is 1.58. The summed E-state index contributed by atoms with van der Waals surface area (Å²) < 4.78 is 5.15. The number of hydrogen-bond donors (Lipinski definition) is 2. The molecule has 15 heavy (non-hydrogen) atoms. The Morgan fingerprint density at radius 3 is 3.13 bits per heavy atom. The Morgan fingerprint density at radius 2 is 2.40 bits per heavy atom. The van der Waals surface area contributed by atoms with E-state index in [4.69, 9.17) is 4.74 Å². The molecule has 0 aliphatic carbocycles. The molecule has 1 heterocycles. The van der Waals surface area contributed by atoms with Crippen LogP contribution in [0.5, 0.6) is 5.75 Å². The number of carbonyl (C=O) groups excluding carboxylic acids is 1. The SMILES string of the molecule is COc1cc(NC=O)c2c(c1)SC=CN2. The van der Waals surface area contributed by atoms with E-state index in [9.17, 15) is 4.79 Å². The number of amides is 1. The Balaban J connectivity index is 2.47. The Kier molecular flexibility index (Phi) is 2.82. The zero-order valence-electron chi connectivity index (χ0n) is 8.11. The Labute approximate surface area is 91.7 Å². The molecule has 0 bridgehead atoms. The third-order valence-electron chi connectivity index (χ3n) is 2.02. The first-order valence-electron chi connectivity index (χ1n) is 4.35. The number of ether oxygens (including phenoxy) is 1. The van der Waals surface area contributed by atoms with Crippen LogP contribution in [0.1, 0.15) is 0 Å². The molecule has 0 unspecified atom stereocenters. The molecule has 4 nitrogen and oxygen atoms in total. The highest BCUT2D eigenvalue weighted by Crippen LogP contribution is 2.40. The molecule has 0 saturated carbocycles. The summed E-state index contributed by atoms with van der Waals surface area (Å²) in [5.41, 5.74) is 1.62. The van der Waals surface area contributed by atoms with Gasteiger partial charge in [-0.05, 0) is 11.5 Å². The summed E-state index contributed by atoms with van der Waals surface area (Å²) in [4.78, 5) is 11.5. The van der Waals surface area contributed by atoms with Crippen molar-refractivity contribution in [1.29, 1.82) is 0 Å². The molecule has 1 aromatic carbocycles. The lowest BCUT2D eigenvalue weighted by Crippen LogP contribution is -2.02. The number of thioether (sulfide) groups is 1. The predicted octanol–water partition coefficient (Wildman–Crippen LogP) is 2.25. The average molecular weight is 222 g/mol. The largest absolute Gasteiger partial charge is 0.497 e. The van der Waals surface area contributed by atoms with E-state index in [0.717, 1.165) is 22.0 Å². The number of nitrogens with one attached hydrogen (secondary N) is 2. The van der Waals surface area contributed by atoms with E-state index < -0.39 is 0 Å². The molecule has 5 heteroatoms. The minimum atomic E-state index is 0.652. The van der Waals surface area contributed by atoms with Gasteiger partial charge in [-0.2, -0.15) is 0 Å². The number of rotatable bonds is 3. The summed E-state index contributed by atoms with van der Waals surface area (Å²) in [5.74, 6) is 0.725. The van der Waals surface area contributed by atoms with Crippen molar-refractivity contribution >= 4 is 29.5 Å². The number of carbonyl (C=O) groups is 1. The highest BCUT2D eigenvalue weighted by atomic mass is 32.2. The van der Waals surface area contributed by atoms with Crippen molar-refractivity contribution in [2.24, 2.45) is 0 Å². The summed E-state index contributed by atoms with van der Waals surface area (Å²) in [6.07, 6.45) is 2.48. The van der Waals surface area contributed by atoms with Crippen molar-refractivity contribution in [3.63, 3.8) is 0 Å². The zero-order chi connectivity index (χ0) is 10.7. The molecule has 2 N–H and O–H groups in total. The number of anilines is 2. The van der Waals surface area contributed by atoms with E-state index in [1.165, 1.54) is 0 Å². The topological polar surface area (TPSA) is 50.4 Å². The van der Waals surface area contributed by atoms with Gasteiger partial charge < -0.3 is 15.4 Å². The van der Waals surface area contributed by atoms with Crippen LogP contribution in [0.4, 0.5) is 11.4 Å². The second kappa shape index (κ2) is 4.27. The lowest BCUT2D eigenvalue weighted by molar-refractivity contribution is -0.105. The number of hydrogen-bond acceptors (Lipinski definition) is 4. The molecular weight excluding hydrogens is 212 g/mol. The van der Waals surface area contributed by atoms with Crippen molar-refractivity contribution in [2.75, 3.05) is 17.7 Å². The maximum atomic E-state index is 10.5. The Hall–Kier alpha value is -1.62. The highest BCUT2D eigenvalue weighted by Gasteiger charge is 2.12. The summed E-state index contributed by atoms with van der Waals surface area (Å²) in [7, 11) is 1.60. The molecule has 1 aromatic rings. The van der Waals surface area contributed by atoms with Crippen LogP contribution in [0.2, 0.25) is 0 Å². The molecule has 2 rings (SSSR count). The van der Waals surface area contributed by atoms with E-state index in [1.54, 1.807) is 24.9 Å². The lowest BCUT2D eigenvalue weighted by atomic mass is 10.2. The molecule has 1 amide bonds. The third kappa shape index (κ3) is 1.92. The summed E-state index contributed by atoms with van der Waals surface area (Å²) in [5, 5.41) is 7.67. The highest BCUT2D eigenvalue weighted by molar-refractivity contribution is 8.02. The lowest BCUT2D eigenvalue weighted by Gasteiger charge is -2.17. The fourth-order valence-electron chi connectivity index (χ4n) is 1.35. The van der Waals surface area contributed by atoms with Gasteiger partial charge >= 0.3 is 0 Å². The Morgan fingerprint density at radius 1 is 1.53 bits per heavy atom. The zero-order valence-corrected chi connectivity index (χ0v) is 8.93. The van der Waals surface area contributed by atoms with Gasteiger partial charge in [0.05, 0.1) is 18.5 Å². The van der Waals surface area contributed by atoms with Crippen LogP contribution >= 0.6 is 11.8 Å². The second-order valence-electron chi connectivity index (χ2n) is 2.88. The first-order valence-corrected chi connectivity index (χ1v) is 5.23. The van der Waals surface area contributed by atoms with Gasteiger partial charge in [-0.25, -0.2) is 0 Å². The third-order valence-corrected chi connectivity index (χ3v) is 2.86. The molecule has 78 valence electrons. The van der Waals surface area contributed by atoms with E-state index in [-0.39, 0.29) is 0 Å². The van der Waals surface area contributed by atoms with Crippen LogP contribution in [0.25, 0.3) is 0 Å². The van der Waals surface area contributed by atoms with Crippen molar-refractivity contribution in [3.05, 3.63) is 23.7 Å². The first kappa shape index (κ1) is 9.92. The van der Waals surface area contributed by atoms with Gasteiger partial charge in [-0.3, -0.25) is 4.79 Å². The van der Waals surface area contributed by atoms with E-state index >= 15 is 0 Å². The molecule has 0 aromatic heterocycles.